The highest BCUT2D eigenvalue weighted by atomic mass is 28.4. The molecule has 0 bridgehead atoms. The van der Waals surface area contributed by atoms with Gasteiger partial charge in [-0.25, -0.2) is 9.97 Å². The van der Waals surface area contributed by atoms with E-state index >= 15 is 0 Å². The first-order valence-electron chi connectivity index (χ1n) is 10.6. The normalized spacial score (nSPS) is 18.4. The summed E-state index contributed by atoms with van der Waals surface area (Å²) in [5.41, 5.74) is 1.87. The van der Waals surface area contributed by atoms with Crippen molar-refractivity contribution < 1.29 is 13.9 Å². The molecule has 164 valence electrons. The number of likely N-dealkylation sites (N-methyl/N-ethyl adjacent to an activating group) is 1. The van der Waals surface area contributed by atoms with Gasteiger partial charge in [0.15, 0.2) is 14.1 Å². The molecule has 1 aromatic carbocycles. The Morgan fingerprint density at radius 1 is 1.17 bits per heavy atom. The Morgan fingerprint density at radius 3 is 2.57 bits per heavy atom. The summed E-state index contributed by atoms with van der Waals surface area (Å²) in [6.07, 6.45) is 1.91. The molecular formula is C23H35N3O3Si. The lowest BCUT2D eigenvalue weighted by molar-refractivity contribution is -0.0403. The summed E-state index contributed by atoms with van der Waals surface area (Å²) >= 11 is 0. The van der Waals surface area contributed by atoms with Crippen LogP contribution in [0.25, 0.3) is 11.4 Å². The molecule has 0 saturated carbocycles. The predicted octanol–water partition coefficient (Wildman–Crippen LogP) is 4.37. The number of benzene rings is 1. The lowest BCUT2D eigenvalue weighted by atomic mass is 10.2. The Morgan fingerprint density at radius 2 is 1.90 bits per heavy atom. The third kappa shape index (κ3) is 6.10. The van der Waals surface area contributed by atoms with Crippen molar-refractivity contribution in [3.8, 4) is 17.1 Å². The Bertz CT molecular complexity index is 821. The number of ether oxygens (including phenoxy) is 2. The molecule has 1 aromatic heterocycles. The molecular weight excluding hydrogens is 394 g/mol. The summed E-state index contributed by atoms with van der Waals surface area (Å²) in [4.78, 5) is 11.4. The second kappa shape index (κ2) is 9.56. The number of hydrogen-bond donors (Lipinski definition) is 0. The Balaban J connectivity index is 1.59. The molecule has 0 amide bonds. The van der Waals surface area contributed by atoms with Gasteiger partial charge in [0.25, 0.3) is 0 Å². The number of aromatic nitrogens is 2. The van der Waals surface area contributed by atoms with Crippen LogP contribution in [0.4, 0.5) is 0 Å². The van der Waals surface area contributed by atoms with Gasteiger partial charge in [0.2, 0.25) is 0 Å². The summed E-state index contributed by atoms with van der Waals surface area (Å²) in [6.45, 7) is 14.9. The first kappa shape index (κ1) is 22.9. The van der Waals surface area contributed by atoms with E-state index in [-0.39, 0.29) is 11.1 Å². The van der Waals surface area contributed by atoms with E-state index in [1.807, 2.05) is 30.3 Å². The van der Waals surface area contributed by atoms with Gasteiger partial charge in [-0.1, -0.05) is 20.8 Å². The molecule has 2 heterocycles. The molecule has 0 aliphatic carbocycles. The summed E-state index contributed by atoms with van der Waals surface area (Å²) in [6, 6.07) is 9.84. The average Bonchev–Trinajstić information content (AvgIpc) is 2.71. The Hall–Kier alpha value is -1.80. The van der Waals surface area contributed by atoms with Crippen LogP contribution in [-0.2, 0) is 15.8 Å². The zero-order valence-electron chi connectivity index (χ0n) is 19.1. The minimum Gasteiger partial charge on any atom is -0.491 e. The maximum absolute atomic E-state index is 6.30. The van der Waals surface area contributed by atoms with Crippen molar-refractivity contribution in [1.29, 1.82) is 0 Å². The van der Waals surface area contributed by atoms with Gasteiger partial charge in [0, 0.05) is 24.8 Å². The van der Waals surface area contributed by atoms with Crippen molar-refractivity contribution >= 4 is 8.32 Å². The summed E-state index contributed by atoms with van der Waals surface area (Å²) < 4.78 is 18.0. The van der Waals surface area contributed by atoms with Crippen LogP contribution in [0.2, 0.25) is 18.1 Å². The molecule has 30 heavy (non-hydrogen) atoms. The highest BCUT2D eigenvalue weighted by Gasteiger charge is 2.37. The third-order valence-corrected chi connectivity index (χ3v) is 10.5. The standard InChI is InChI=1S/C23H35N3O3Si/c1-23(2,3)30(5,6)29-16-19-11-12-24-22(25-19)18-7-9-20(10-8-18)28-17-21-15-26(4)13-14-27-21/h7-12,21H,13-17H2,1-6H3/t21-/m1/s1. The van der Waals surface area contributed by atoms with E-state index in [9.17, 15) is 0 Å². The van der Waals surface area contributed by atoms with Crippen molar-refractivity contribution in [1.82, 2.24) is 14.9 Å². The van der Waals surface area contributed by atoms with Crippen LogP contribution in [0.3, 0.4) is 0 Å². The van der Waals surface area contributed by atoms with Crippen LogP contribution in [0.15, 0.2) is 36.5 Å². The van der Waals surface area contributed by atoms with Crippen LogP contribution in [0.1, 0.15) is 26.5 Å². The molecule has 7 heteroatoms. The summed E-state index contributed by atoms with van der Waals surface area (Å²) in [5, 5.41) is 0.177. The molecule has 0 N–H and O–H groups in total. The number of hydrogen-bond acceptors (Lipinski definition) is 6. The molecule has 1 aliphatic heterocycles. The number of nitrogens with zero attached hydrogens (tertiary/aromatic N) is 3. The Kier molecular flexibility index (Phi) is 7.28. The van der Waals surface area contributed by atoms with E-state index in [0.717, 1.165) is 36.7 Å². The van der Waals surface area contributed by atoms with Crippen LogP contribution in [-0.4, -0.2) is 62.6 Å². The zero-order chi connectivity index (χ0) is 21.8. The SMILES string of the molecule is CN1CCO[C@@H](COc2ccc(-c3nccc(CO[Si](C)(C)C(C)(C)C)n3)cc2)C1. The fourth-order valence-electron chi connectivity index (χ4n) is 2.94. The number of rotatable bonds is 7. The fraction of sp³-hybridized carbons (Fsp3) is 0.565. The predicted molar refractivity (Wildman–Crippen MR) is 122 cm³/mol. The third-order valence-electron chi connectivity index (χ3n) is 5.99. The van der Waals surface area contributed by atoms with Crippen molar-refractivity contribution in [2.24, 2.45) is 0 Å². The van der Waals surface area contributed by atoms with Crippen LogP contribution < -0.4 is 4.74 Å². The number of morpholine rings is 1. The zero-order valence-corrected chi connectivity index (χ0v) is 20.1. The van der Waals surface area contributed by atoms with Crippen molar-refractivity contribution in [2.75, 3.05) is 33.4 Å². The molecule has 0 radical (unpaired) electrons. The molecule has 0 spiro atoms. The van der Waals surface area contributed by atoms with E-state index in [0.29, 0.717) is 19.0 Å². The van der Waals surface area contributed by atoms with E-state index in [1.165, 1.54) is 0 Å². The molecule has 1 aliphatic rings. The average molecular weight is 430 g/mol. The molecule has 1 fully saturated rings. The van der Waals surface area contributed by atoms with Gasteiger partial charge in [0.1, 0.15) is 18.5 Å². The monoisotopic (exact) mass is 429 g/mol. The van der Waals surface area contributed by atoms with Crippen LogP contribution in [0.5, 0.6) is 5.75 Å². The topological polar surface area (TPSA) is 56.7 Å². The minimum atomic E-state index is -1.81. The molecule has 1 saturated heterocycles. The highest BCUT2D eigenvalue weighted by Crippen LogP contribution is 2.37. The minimum absolute atomic E-state index is 0.115. The van der Waals surface area contributed by atoms with Crippen LogP contribution >= 0.6 is 0 Å². The molecule has 6 nitrogen and oxygen atoms in total. The van der Waals surface area contributed by atoms with Crippen molar-refractivity contribution in [2.45, 2.75) is 51.6 Å². The van der Waals surface area contributed by atoms with E-state index in [2.05, 4.69) is 50.8 Å². The molecule has 3 rings (SSSR count). The molecule has 1 atom stereocenters. The first-order chi connectivity index (χ1) is 14.1. The second-order valence-corrected chi connectivity index (χ2v) is 14.3. The maximum Gasteiger partial charge on any atom is 0.192 e. The van der Waals surface area contributed by atoms with E-state index in [4.69, 9.17) is 18.9 Å². The first-order valence-corrected chi connectivity index (χ1v) is 13.5. The van der Waals surface area contributed by atoms with E-state index in [1.54, 1.807) is 6.20 Å². The largest absolute Gasteiger partial charge is 0.491 e. The van der Waals surface area contributed by atoms with Gasteiger partial charge in [0.05, 0.1) is 18.9 Å². The van der Waals surface area contributed by atoms with Gasteiger partial charge in [-0.2, -0.15) is 0 Å². The van der Waals surface area contributed by atoms with E-state index < -0.39 is 8.32 Å². The summed E-state index contributed by atoms with van der Waals surface area (Å²) in [5.74, 6) is 1.53. The van der Waals surface area contributed by atoms with Gasteiger partial charge < -0.3 is 18.8 Å². The molecule has 0 unspecified atom stereocenters. The highest BCUT2D eigenvalue weighted by molar-refractivity contribution is 6.74. The molecule has 2 aromatic rings. The maximum atomic E-state index is 6.30. The Labute approximate surface area is 181 Å². The van der Waals surface area contributed by atoms with Crippen molar-refractivity contribution in [3.05, 3.63) is 42.2 Å². The van der Waals surface area contributed by atoms with Gasteiger partial charge in [-0.05, 0) is 55.5 Å². The lowest BCUT2D eigenvalue weighted by Crippen LogP contribution is -2.42. The summed E-state index contributed by atoms with van der Waals surface area (Å²) in [7, 11) is 0.297. The smallest absolute Gasteiger partial charge is 0.192 e. The fourth-order valence-corrected chi connectivity index (χ4v) is 3.89. The van der Waals surface area contributed by atoms with Gasteiger partial charge in [-0.3, -0.25) is 0 Å². The van der Waals surface area contributed by atoms with Crippen LogP contribution in [0, 0.1) is 0 Å². The van der Waals surface area contributed by atoms with Crippen molar-refractivity contribution in [3.63, 3.8) is 0 Å². The lowest BCUT2D eigenvalue weighted by Gasteiger charge is -2.36. The second-order valence-electron chi connectivity index (χ2n) is 9.51. The van der Waals surface area contributed by atoms with Gasteiger partial charge >= 0.3 is 0 Å². The van der Waals surface area contributed by atoms with Gasteiger partial charge in [-0.15, -0.1) is 0 Å². The quantitative estimate of drug-likeness (QED) is 0.609.